The minimum atomic E-state index is -3.89. The van der Waals surface area contributed by atoms with Gasteiger partial charge in [-0.1, -0.05) is 12.1 Å². The average Bonchev–Trinajstić information content (AvgIpc) is 2.95. The van der Waals surface area contributed by atoms with Gasteiger partial charge in [0.1, 0.15) is 5.82 Å². The van der Waals surface area contributed by atoms with Crippen LogP contribution in [-0.2, 0) is 10.0 Å². The van der Waals surface area contributed by atoms with Crippen LogP contribution in [0.2, 0.25) is 0 Å². The molecule has 0 saturated heterocycles. The van der Waals surface area contributed by atoms with E-state index in [1.807, 2.05) is 0 Å². The van der Waals surface area contributed by atoms with E-state index < -0.39 is 15.8 Å². The molecular formula is C12H15FN4O2S. The van der Waals surface area contributed by atoms with Gasteiger partial charge in [-0.05, 0) is 31.2 Å². The molecule has 1 aromatic heterocycles. The average molecular weight is 298 g/mol. The smallest absolute Gasteiger partial charge is 0.281 e. The van der Waals surface area contributed by atoms with Gasteiger partial charge in [0.2, 0.25) is 0 Å². The van der Waals surface area contributed by atoms with Crippen molar-refractivity contribution in [2.24, 2.45) is 5.73 Å². The predicted octanol–water partition coefficient (Wildman–Crippen LogP) is 1.09. The number of para-hydroxylation sites is 1. The van der Waals surface area contributed by atoms with Crippen molar-refractivity contribution >= 4 is 15.7 Å². The highest BCUT2D eigenvalue weighted by Gasteiger charge is 2.27. The Labute approximate surface area is 116 Å². The Morgan fingerprint density at radius 2 is 2.05 bits per heavy atom. The number of sulfonamides is 1. The third kappa shape index (κ3) is 2.81. The Morgan fingerprint density at radius 1 is 1.30 bits per heavy atom. The Morgan fingerprint density at radius 3 is 2.65 bits per heavy atom. The molecule has 0 aliphatic rings. The SMILES string of the molecule is NCCCN(c1ccccc1F)S(=O)(=O)c1ccn[nH]1. The van der Waals surface area contributed by atoms with Gasteiger partial charge in [-0.3, -0.25) is 9.40 Å². The maximum atomic E-state index is 13.9. The highest BCUT2D eigenvalue weighted by Crippen LogP contribution is 2.25. The van der Waals surface area contributed by atoms with Gasteiger partial charge in [0.15, 0.2) is 5.03 Å². The van der Waals surface area contributed by atoms with E-state index in [9.17, 15) is 12.8 Å². The van der Waals surface area contributed by atoms with Crippen molar-refractivity contribution in [2.45, 2.75) is 11.4 Å². The Balaban J connectivity index is 2.46. The van der Waals surface area contributed by atoms with E-state index in [2.05, 4.69) is 10.2 Å². The number of H-pyrrole nitrogens is 1. The number of benzene rings is 1. The van der Waals surface area contributed by atoms with Crippen LogP contribution in [0.4, 0.5) is 10.1 Å². The van der Waals surface area contributed by atoms with E-state index in [0.29, 0.717) is 13.0 Å². The lowest BCUT2D eigenvalue weighted by Crippen LogP contribution is -2.34. The van der Waals surface area contributed by atoms with Crippen LogP contribution in [0.5, 0.6) is 0 Å². The summed E-state index contributed by atoms with van der Waals surface area (Å²) in [7, 11) is -3.89. The third-order valence-corrected chi connectivity index (χ3v) is 4.47. The summed E-state index contributed by atoms with van der Waals surface area (Å²) in [6, 6.07) is 7.04. The lowest BCUT2D eigenvalue weighted by Gasteiger charge is -2.23. The van der Waals surface area contributed by atoms with Crippen LogP contribution >= 0.6 is 0 Å². The first-order valence-electron chi connectivity index (χ1n) is 6.04. The van der Waals surface area contributed by atoms with Crippen molar-refractivity contribution in [2.75, 3.05) is 17.4 Å². The topological polar surface area (TPSA) is 92.1 Å². The van der Waals surface area contributed by atoms with Crippen molar-refractivity contribution in [3.63, 3.8) is 0 Å². The van der Waals surface area contributed by atoms with Gasteiger partial charge in [0.25, 0.3) is 10.0 Å². The molecule has 0 radical (unpaired) electrons. The zero-order chi connectivity index (χ0) is 14.6. The number of aromatic amines is 1. The molecule has 8 heteroatoms. The first kappa shape index (κ1) is 14.5. The molecule has 20 heavy (non-hydrogen) atoms. The number of nitrogens with zero attached hydrogens (tertiary/aromatic N) is 2. The fraction of sp³-hybridized carbons (Fsp3) is 0.250. The number of aromatic nitrogens is 2. The molecule has 6 nitrogen and oxygen atoms in total. The fourth-order valence-electron chi connectivity index (χ4n) is 1.76. The zero-order valence-electron chi connectivity index (χ0n) is 10.7. The number of hydrogen-bond donors (Lipinski definition) is 2. The van der Waals surface area contributed by atoms with E-state index in [1.165, 1.54) is 30.5 Å². The highest BCUT2D eigenvalue weighted by molar-refractivity contribution is 7.92. The van der Waals surface area contributed by atoms with Gasteiger partial charge in [0.05, 0.1) is 11.9 Å². The summed E-state index contributed by atoms with van der Waals surface area (Å²) >= 11 is 0. The van der Waals surface area contributed by atoms with Crippen molar-refractivity contribution in [1.82, 2.24) is 10.2 Å². The molecule has 2 aromatic rings. The van der Waals surface area contributed by atoms with Crippen molar-refractivity contribution in [3.8, 4) is 0 Å². The van der Waals surface area contributed by atoms with Crippen LogP contribution in [0.3, 0.4) is 0 Å². The number of halogens is 1. The summed E-state index contributed by atoms with van der Waals surface area (Å²) in [6.07, 6.45) is 1.75. The molecule has 3 N–H and O–H groups in total. The molecule has 0 aliphatic carbocycles. The molecule has 1 heterocycles. The van der Waals surface area contributed by atoms with Gasteiger partial charge >= 0.3 is 0 Å². The number of anilines is 1. The predicted molar refractivity (Wildman–Crippen MR) is 73.2 cm³/mol. The molecule has 1 aromatic carbocycles. The minimum absolute atomic E-state index is 0.00412. The first-order valence-corrected chi connectivity index (χ1v) is 7.48. The first-order chi connectivity index (χ1) is 9.57. The van der Waals surface area contributed by atoms with E-state index >= 15 is 0 Å². The van der Waals surface area contributed by atoms with E-state index in [0.717, 1.165) is 4.31 Å². The lowest BCUT2D eigenvalue weighted by molar-refractivity contribution is 0.579. The quantitative estimate of drug-likeness (QED) is 0.835. The molecule has 0 unspecified atom stereocenters. The van der Waals surface area contributed by atoms with Crippen molar-refractivity contribution in [3.05, 3.63) is 42.3 Å². The van der Waals surface area contributed by atoms with Crippen LogP contribution in [0, 0.1) is 5.82 Å². The van der Waals surface area contributed by atoms with Crippen molar-refractivity contribution < 1.29 is 12.8 Å². The van der Waals surface area contributed by atoms with Crippen molar-refractivity contribution in [1.29, 1.82) is 0 Å². The number of rotatable bonds is 6. The normalized spacial score (nSPS) is 11.5. The second kappa shape index (κ2) is 6.02. The largest absolute Gasteiger partial charge is 0.330 e. The molecule has 108 valence electrons. The summed E-state index contributed by atoms with van der Waals surface area (Å²) in [5.74, 6) is -0.604. The second-order valence-corrected chi connectivity index (χ2v) is 5.92. The Bertz CT molecular complexity index is 658. The standard InChI is InChI=1S/C12H15FN4O2S/c13-10-4-1-2-5-11(10)17(9-3-7-14)20(18,19)12-6-8-15-16-12/h1-2,4-6,8H,3,7,9,14H2,(H,15,16). The number of nitrogens with two attached hydrogens (primary N) is 1. The number of nitrogens with one attached hydrogen (secondary N) is 1. The second-order valence-electron chi connectivity index (χ2n) is 4.09. The Hall–Kier alpha value is -1.93. The van der Waals surface area contributed by atoms with Crippen LogP contribution in [0.15, 0.2) is 41.6 Å². The van der Waals surface area contributed by atoms with Gasteiger partial charge in [-0.15, -0.1) is 0 Å². The summed E-state index contributed by atoms with van der Waals surface area (Å²) in [6.45, 7) is 0.405. The summed E-state index contributed by atoms with van der Waals surface area (Å²) in [4.78, 5) is 0. The lowest BCUT2D eigenvalue weighted by atomic mass is 10.3. The molecule has 0 saturated carbocycles. The zero-order valence-corrected chi connectivity index (χ0v) is 11.5. The van der Waals surface area contributed by atoms with Crippen LogP contribution in [0.25, 0.3) is 0 Å². The summed E-state index contributed by atoms with van der Waals surface area (Å²) in [5.41, 5.74) is 5.42. The van der Waals surface area contributed by atoms with E-state index in [4.69, 9.17) is 5.73 Å². The van der Waals surface area contributed by atoms with Gasteiger partial charge < -0.3 is 5.73 Å². The highest BCUT2D eigenvalue weighted by atomic mass is 32.2. The summed E-state index contributed by atoms with van der Waals surface area (Å²) < 4.78 is 39.9. The molecule has 2 rings (SSSR count). The molecule has 0 spiro atoms. The van der Waals surface area contributed by atoms with Crippen LogP contribution in [-0.4, -0.2) is 31.7 Å². The fourth-order valence-corrected chi connectivity index (χ4v) is 3.18. The molecular weight excluding hydrogens is 283 g/mol. The molecule has 0 fully saturated rings. The van der Waals surface area contributed by atoms with Crippen LogP contribution in [0.1, 0.15) is 6.42 Å². The molecule has 0 bridgehead atoms. The molecule has 0 atom stereocenters. The summed E-state index contributed by atoms with van der Waals surface area (Å²) in [5, 5.41) is 5.92. The monoisotopic (exact) mass is 298 g/mol. The van der Waals surface area contributed by atoms with E-state index in [-0.39, 0.29) is 17.3 Å². The van der Waals surface area contributed by atoms with E-state index in [1.54, 1.807) is 6.07 Å². The Kier molecular flexibility index (Phi) is 4.35. The molecule has 0 amide bonds. The maximum Gasteiger partial charge on any atom is 0.281 e. The molecule has 0 aliphatic heterocycles. The van der Waals surface area contributed by atoms with Gasteiger partial charge in [-0.2, -0.15) is 13.5 Å². The van der Waals surface area contributed by atoms with Crippen LogP contribution < -0.4 is 10.0 Å². The van der Waals surface area contributed by atoms with Gasteiger partial charge in [-0.25, -0.2) is 4.39 Å². The third-order valence-electron chi connectivity index (χ3n) is 2.73. The minimum Gasteiger partial charge on any atom is -0.330 e. The number of hydrogen-bond acceptors (Lipinski definition) is 4. The maximum absolute atomic E-state index is 13.9. The van der Waals surface area contributed by atoms with Gasteiger partial charge in [0, 0.05) is 6.54 Å².